The van der Waals surface area contributed by atoms with E-state index >= 15 is 0 Å². The van der Waals surface area contributed by atoms with E-state index in [0.717, 1.165) is 49.5 Å². The summed E-state index contributed by atoms with van der Waals surface area (Å²) in [6, 6.07) is 14.0. The van der Waals surface area contributed by atoms with E-state index in [-0.39, 0.29) is 0 Å². The highest BCUT2D eigenvalue weighted by molar-refractivity contribution is 5.43. The van der Waals surface area contributed by atoms with Gasteiger partial charge in [-0.2, -0.15) is 0 Å². The maximum Gasteiger partial charge on any atom is 0.161 e. The Hall–Kier alpha value is -3.10. The number of benzene rings is 2. The van der Waals surface area contributed by atoms with Gasteiger partial charge >= 0.3 is 0 Å². The van der Waals surface area contributed by atoms with Crippen LogP contribution in [0.3, 0.4) is 0 Å². The average Bonchev–Trinajstić information content (AvgIpc) is 3.29. The van der Waals surface area contributed by atoms with Crippen LogP contribution < -0.4 is 14.2 Å². The monoisotopic (exact) mass is 466 g/mol. The number of aryl methyl sites for hydroxylation is 1. The first-order chi connectivity index (χ1) is 16.5. The lowest BCUT2D eigenvalue weighted by Gasteiger charge is -2.27. The summed E-state index contributed by atoms with van der Waals surface area (Å²) in [6.45, 7) is 6.06. The fourth-order valence-electron chi connectivity index (χ4n) is 4.18. The van der Waals surface area contributed by atoms with Crippen molar-refractivity contribution in [1.29, 1.82) is 0 Å². The van der Waals surface area contributed by atoms with Crippen LogP contribution in [0, 0.1) is 6.92 Å². The predicted molar refractivity (Wildman–Crippen MR) is 129 cm³/mol. The van der Waals surface area contributed by atoms with Crippen molar-refractivity contribution in [2.45, 2.75) is 44.9 Å². The summed E-state index contributed by atoms with van der Waals surface area (Å²) >= 11 is 0. The molecule has 1 saturated heterocycles. The van der Waals surface area contributed by atoms with Crippen LogP contribution in [0.5, 0.6) is 17.2 Å². The van der Waals surface area contributed by atoms with Gasteiger partial charge in [-0.3, -0.25) is 4.90 Å². The Bertz CT molecular complexity index is 1030. The van der Waals surface area contributed by atoms with E-state index < -0.39 is 5.60 Å². The Morgan fingerprint density at radius 1 is 0.971 bits per heavy atom. The molecule has 0 bridgehead atoms. The largest absolute Gasteiger partial charge is 0.493 e. The van der Waals surface area contributed by atoms with Crippen LogP contribution in [-0.4, -0.2) is 63.8 Å². The van der Waals surface area contributed by atoms with Crippen LogP contribution in [0.2, 0.25) is 0 Å². The number of methoxy groups -OCH3 is 1. The summed E-state index contributed by atoms with van der Waals surface area (Å²) in [5.74, 6) is 2.24. The molecule has 0 amide bonds. The Balaban J connectivity index is 1.31. The molecule has 8 heteroatoms. The number of likely N-dealkylation sites (tertiary alicyclic amines) is 1. The maximum absolute atomic E-state index is 11.1. The van der Waals surface area contributed by atoms with Gasteiger partial charge in [0.25, 0.3) is 0 Å². The summed E-state index contributed by atoms with van der Waals surface area (Å²) in [7, 11) is 1.65. The summed E-state index contributed by atoms with van der Waals surface area (Å²) in [5, 5.41) is 18.8. The number of hydrogen-bond acceptors (Lipinski definition) is 7. The first kappa shape index (κ1) is 24.0. The van der Waals surface area contributed by atoms with Crippen molar-refractivity contribution in [1.82, 2.24) is 19.7 Å². The predicted octanol–water partition coefficient (Wildman–Crippen LogP) is 3.47. The first-order valence-corrected chi connectivity index (χ1v) is 11.8. The second kappa shape index (κ2) is 11.4. The lowest BCUT2D eigenvalue weighted by atomic mass is 9.96. The highest BCUT2D eigenvalue weighted by Crippen LogP contribution is 2.30. The van der Waals surface area contributed by atoms with Crippen LogP contribution in [-0.2, 0) is 13.1 Å². The van der Waals surface area contributed by atoms with E-state index in [9.17, 15) is 5.11 Å². The Morgan fingerprint density at radius 2 is 1.76 bits per heavy atom. The zero-order chi connectivity index (χ0) is 23.8. The number of rotatable bonds is 10. The topological polar surface area (TPSA) is 81.9 Å². The zero-order valence-electron chi connectivity index (χ0n) is 20.0. The van der Waals surface area contributed by atoms with Crippen molar-refractivity contribution >= 4 is 0 Å². The highest BCUT2D eigenvalue weighted by atomic mass is 16.5. The molecule has 182 valence electrons. The van der Waals surface area contributed by atoms with Gasteiger partial charge in [-0.15, -0.1) is 10.2 Å². The molecule has 1 aromatic heterocycles. The van der Waals surface area contributed by atoms with E-state index in [1.807, 2.05) is 47.9 Å². The average molecular weight is 467 g/mol. The molecular formula is C26H34N4O4. The minimum absolute atomic E-state index is 0.316. The minimum atomic E-state index is -0.810. The third-order valence-corrected chi connectivity index (χ3v) is 6.25. The van der Waals surface area contributed by atoms with Crippen LogP contribution in [0.4, 0.5) is 0 Å². The molecule has 0 unspecified atom stereocenters. The number of hydrogen-bond donors (Lipinski definition) is 1. The standard InChI is InChI=1S/C26H34N4O4/c1-21-4-7-23(8-5-21)34-18-26(31)10-3-12-29(13-11-26)17-22-6-9-24(32-2)25(16-22)33-15-14-30-19-27-28-20-30/h4-9,16,19-20,31H,3,10-15,17-18H2,1-2H3/t26-/m0/s1. The van der Waals surface area contributed by atoms with Gasteiger partial charge < -0.3 is 23.9 Å². The van der Waals surface area contributed by atoms with Gasteiger partial charge in [-0.25, -0.2) is 0 Å². The van der Waals surface area contributed by atoms with Crippen molar-refractivity contribution in [2.75, 3.05) is 33.4 Å². The van der Waals surface area contributed by atoms with E-state index in [1.165, 1.54) is 5.56 Å². The number of ether oxygens (including phenoxy) is 3. The molecule has 0 aliphatic carbocycles. The second-order valence-corrected chi connectivity index (χ2v) is 8.99. The van der Waals surface area contributed by atoms with Gasteiger partial charge in [-0.05, 0) is 62.6 Å². The van der Waals surface area contributed by atoms with Crippen molar-refractivity contribution in [3.63, 3.8) is 0 Å². The number of aliphatic hydroxyl groups is 1. The van der Waals surface area contributed by atoms with Crippen molar-refractivity contribution < 1.29 is 19.3 Å². The minimum Gasteiger partial charge on any atom is -0.493 e. The number of nitrogens with zero attached hydrogens (tertiary/aromatic N) is 4. The summed E-state index contributed by atoms with van der Waals surface area (Å²) in [5.41, 5.74) is 1.54. The first-order valence-electron chi connectivity index (χ1n) is 11.8. The molecule has 2 heterocycles. The third-order valence-electron chi connectivity index (χ3n) is 6.25. The van der Waals surface area contributed by atoms with Crippen LogP contribution in [0.15, 0.2) is 55.1 Å². The van der Waals surface area contributed by atoms with Gasteiger partial charge in [0.2, 0.25) is 0 Å². The Kier molecular flexibility index (Phi) is 8.03. The normalized spacial score (nSPS) is 18.9. The van der Waals surface area contributed by atoms with Gasteiger partial charge in [0, 0.05) is 13.1 Å². The third kappa shape index (κ3) is 6.71. The van der Waals surface area contributed by atoms with E-state index in [2.05, 4.69) is 21.2 Å². The molecule has 1 atom stereocenters. The van der Waals surface area contributed by atoms with Gasteiger partial charge in [-0.1, -0.05) is 23.8 Å². The Morgan fingerprint density at radius 3 is 2.53 bits per heavy atom. The van der Waals surface area contributed by atoms with Crippen molar-refractivity contribution in [3.8, 4) is 17.2 Å². The molecular weight excluding hydrogens is 432 g/mol. The molecule has 0 radical (unpaired) electrons. The molecule has 1 fully saturated rings. The molecule has 4 rings (SSSR count). The molecule has 1 aliphatic heterocycles. The van der Waals surface area contributed by atoms with Gasteiger partial charge in [0.05, 0.1) is 19.3 Å². The van der Waals surface area contributed by atoms with Gasteiger partial charge in [0.15, 0.2) is 11.5 Å². The Labute approximate surface area is 201 Å². The van der Waals surface area contributed by atoms with Gasteiger partial charge in [0.1, 0.15) is 31.6 Å². The fraction of sp³-hybridized carbons (Fsp3) is 0.462. The molecule has 8 nitrogen and oxygen atoms in total. The molecule has 0 spiro atoms. The smallest absolute Gasteiger partial charge is 0.161 e. The number of aromatic nitrogens is 3. The molecule has 1 aliphatic rings. The van der Waals surface area contributed by atoms with E-state index in [0.29, 0.717) is 31.9 Å². The van der Waals surface area contributed by atoms with Crippen LogP contribution in [0.1, 0.15) is 30.4 Å². The van der Waals surface area contributed by atoms with Crippen LogP contribution >= 0.6 is 0 Å². The zero-order valence-corrected chi connectivity index (χ0v) is 20.0. The highest BCUT2D eigenvalue weighted by Gasteiger charge is 2.31. The van der Waals surface area contributed by atoms with Crippen molar-refractivity contribution in [2.24, 2.45) is 0 Å². The lowest BCUT2D eigenvalue weighted by Crippen LogP contribution is -2.37. The molecule has 0 saturated carbocycles. The lowest BCUT2D eigenvalue weighted by molar-refractivity contribution is -0.0168. The fourth-order valence-corrected chi connectivity index (χ4v) is 4.18. The second-order valence-electron chi connectivity index (χ2n) is 8.99. The van der Waals surface area contributed by atoms with Crippen LogP contribution in [0.25, 0.3) is 0 Å². The van der Waals surface area contributed by atoms with E-state index in [4.69, 9.17) is 14.2 Å². The van der Waals surface area contributed by atoms with Crippen molar-refractivity contribution in [3.05, 3.63) is 66.2 Å². The van der Waals surface area contributed by atoms with E-state index in [1.54, 1.807) is 19.8 Å². The molecule has 2 aromatic carbocycles. The summed E-state index contributed by atoms with van der Waals surface area (Å²) in [4.78, 5) is 2.38. The SMILES string of the molecule is COc1ccc(CN2CCC[C@@](O)(COc3ccc(C)cc3)CC2)cc1OCCn1cnnc1. The maximum atomic E-state index is 11.1. The molecule has 1 N–H and O–H groups in total. The summed E-state index contributed by atoms with van der Waals surface area (Å²) in [6.07, 6.45) is 5.67. The summed E-state index contributed by atoms with van der Waals surface area (Å²) < 4.78 is 19.3. The quantitative estimate of drug-likeness (QED) is 0.490. The molecule has 34 heavy (non-hydrogen) atoms. The molecule has 3 aromatic rings.